The summed E-state index contributed by atoms with van der Waals surface area (Å²) >= 11 is 0. The Kier molecular flexibility index (Phi) is 5.54. The first-order valence-electron chi connectivity index (χ1n) is 5.71. The Morgan fingerprint density at radius 2 is 2.00 bits per heavy atom. The van der Waals surface area contributed by atoms with Gasteiger partial charge in [0.2, 0.25) is 6.41 Å². The zero-order chi connectivity index (χ0) is 14.5. The van der Waals surface area contributed by atoms with Crippen molar-refractivity contribution in [1.82, 2.24) is 10.4 Å². The molecule has 0 spiro atoms. The number of carbonyl (C=O) groups is 1. The zero-order valence-corrected chi connectivity index (χ0v) is 12.1. The summed E-state index contributed by atoms with van der Waals surface area (Å²) in [6.07, 6.45) is 0.286. The highest BCUT2D eigenvalue weighted by atomic mass is 31.2. The van der Waals surface area contributed by atoms with Gasteiger partial charge in [-0.15, -0.1) is 0 Å². The molecule has 0 saturated heterocycles. The zero-order valence-electron chi connectivity index (χ0n) is 11.2. The molecule has 7 heteroatoms. The van der Waals surface area contributed by atoms with Gasteiger partial charge in [-0.2, -0.15) is 0 Å². The van der Waals surface area contributed by atoms with Crippen LogP contribution in [0, 0.1) is 0 Å². The molecule has 0 aromatic heterocycles. The van der Waals surface area contributed by atoms with Gasteiger partial charge < -0.3 is 9.30 Å². The van der Waals surface area contributed by atoms with E-state index < -0.39 is 12.9 Å². The first-order valence-corrected chi connectivity index (χ1v) is 8.38. The van der Waals surface area contributed by atoms with E-state index in [2.05, 4.69) is 5.32 Å². The Balaban J connectivity index is 2.90. The number of benzene rings is 1. The summed E-state index contributed by atoms with van der Waals surface area (Å²) in [7, 11) is -0.921. The Bertz CT molecular complexity index is 457. The smallest absolute Gasteiger partial charge is 0.234 e. The molecule has 0 saturated carbocycles. The van der Waals surface area contributed by atoms with Gasteiger partial charge in [0, 0.05) is 0 Å². The molecule has 0 fully saturated rings. The van der Waals surface area contributed by atoms with Crippen molar-refractivity contribution >= 4 is 13.6 Å². The van der Waals surface area contributed by atoms with E-state index in [1.54, 1.807) is 44.7 Å². The highest BCUT2D eigenvalue weighted by Crippen LogP contribution is 2.50. The van der Waals surface area contributed by atoms with Gasteiger partial charge in [0.25, 0.3) is 0 Å². The maximum Gasteiger partial charge on any atom is 0.234 e. The monoisotopic (exact) mass is 286 g/mol. The SMILES string of the molecule is COc1ccc(C(NCN(O)C=O)P(C)(C)=O)cc1. The molecule has 1 rings (SSSR count). The molecule has 19 heavy (non-hydrogen) atoms. The van der Waals surface area contributed by atoms with Crippen LogP contribution in [0.15, 0.2) is 24.3 Å². The number of hydrogen-bond donors (Lipinski definition) is 2. The van der Waals surface area contributed by atoms with Crippen LogP contribution in [0.25, 0.3) is 0 Å². The molecule has 1 aromatic rings. The van der Waals surface area contributed by atoms with Crippen molar-refractivity contribution in [1.29, 1.82) is 0 Å². The van der Waals surface area contributed by atoms with Crippen LogP contribution in [0.2, 0.25) is 0 Å². The van der Waals surface area contributed by atoms with E-state index in [0.29, 0.717) is 10.8 Å². The maximum atomic E-state index is 12.3. The lowest BCUT2D eigenvalue weighted by atomic mass is 10.2. The van der Waals surface area contributed by atoms with Crippen LogP contribution in [0.3, 0.4) is 0 Å². The van der Waals surface area contributed by atoms with Gasteiger partial charge in [0.1, 0.15) is 12.9 Å². The summed E-state index contributed by atoms with van der Waals surface area (Å²) in [5.41, 5.74) is 0.813. The summed E-state index contributed by atoms with van der Waals surface area (Å²) < 4.78 is 17.4. The van der Waals surface area contributed by atoms with Gasteiger partial charge in [0.15, 0.2) is 0 Å². The van der Waals surface area contributed by atoms with E-state index in [0.717, 1.165) is 5.56 Å². The number of hydrogen-bond acceptors (Lipinski definition) is 5. The first kappa shape index (κ1) is 15.7. The Morgan fingerprint density at radius 3 is 2.42 bits per heavy atom. The molecular weight excluding hydrogens is 267 g/mol. The standard InChI is InChI=1S/C12H19N2O4P/c1-18-11-6-4-10(5-7-11)12(19(2,3)17)13-8-14(16)9-15/h4-7,9,12-13,16H,8H2,1-3H3. The number of amides is 1. The molecular formula is C12H19N2O4P. The quantitative estimate of drug-likeness (QED) is 0.262. The molecule has 1 amide bonds. The third-order valence-corrected chi connectivity index (χ3v) is 4.35. The van der Waals surface area contributed by atoms with Crippen molar-refractivity contribution in [3.8, 4) is 5.75 Å². The lowest BCUT2D eigenvalue weighted by Crippen LogP contribution is -2.33. The maximum absolute atomic E-state index is 12.3. The molecule has 0 radical (unpaired) electrons. The van der Waals surface area contributed by atoms with Crippen molar-refractivity contribution in [2.45, 2.75) is 5.78 Å². The summed E-state index contributed by atoms with van der Waals surface area (Å²) in [6.45, 7) is 3.21. The fourth-order valence-electron chi connectivity index (χ4n) is 1.70. The number of carbonyl (C=O) groups excluding carboxylic acids is 1. The van der Waals surface area contributed by atoms with E-state index in [1.165, 1.54) is 0 Å². The van der Waals surface area contributed by atoms with Crippen LogP contribution in [0.5, 0.6) is 5.75 Å². The van der Waals surface area contributed by atoms with Crippen LogP contribution < -0.4 is 10.1 Å². The van der Waals surface area contributed by atoms with Gasteiger partial charge in [-0.05, 0) is 31.0 Å². The van der Waals surface area contributed by atoms with Crippen LogP contribution in [0.4, 0.5) is 0 Å². The number of nitrogens with one attached hydrogen (secondary N) is 1. The van der Waals surface area contributed by atoms with Crippen molar-refractivity contribution < 1.29 is 19.3 Å². The average molecular weight is 286 g/mol. The molecule has 1 atom stereocenters. The van der Waals surface area contributed by atoms with Gasteiger partial charge in [-0.1, -0.05) is 12.1 Å². The largest absolute Gasteiger partial charge is 0.497 e. The van der Waals surface area contributed by atoms with Crippen LogP contribution in [-0.2, 0) is 9.36 Å². The summed E-state index contributed by atoms with van der Waals surface area (Å²) in [5.74, 6) is 0.272. The van der Waals surface area contributed by atoms with Crippen LogP contribution in [0.1, 0.15) is 11.3 Å². The number of nitrogens with zero attached hydrogens (tertiary/aromatic N) is 1. The highest BCUT2D eigenvalue weighted by molar-refractivity contribution is 7.62. The van der Waals surface area contributed by atoms with Crippen molar-refractivity contribution in [3.05, 3.63) is 29.8 Å². The lowest BCUT2D eigenvalue weighted by molar-refractivity contribution is -0.151. The minimum absolute atomic E-state index is 0.0914. The summed E-state index contributed by atoms with van der Waals surface area (Å²) in [5, 5.41) is 12.5. The van der Waals surface area contributed by atoms with E-state index in [-0.39, 0.29) is 13.1 Å². The van der Waals surface area contributed by atoms with E-state index in [1.807, 2.05) is 0 Å². The fraction of sp³-hybridized carbons (Fsp3) is 0.417. The predicted molar refractivity (Wildman–Crippen MR) is 72.9 cm³/mol. The predicted octanol–water partition coefficient (Wildman–Crippen LogP) is 1.71. The minimum atomic E-state index is -2.49. The second kappa shape index (κ2) is 6.70. The molecule has 1 aromatic carbocycles. The van der Waals surface area contributed by atoms with Gasteiger partial charge in [-0.3, -0.25) is 15.3 Å². The Morgan fingerprint density at radius 1 is 1.42 bits per heavy atom. The molecule has 1 unspecified atom stereocenters. The molecule has 0 heterocycles. The minimum Gasteiger partial charge on any atom is -0.497 e. The summed E-state index contributed by atoms with van der Waals surface area (Å²) in [6, 6.07) is 7.16. The number of hydroxylamine groups is 2. The molecule has 0 aliphatic rings. The van der Waals surface area contributed by atoms with Crippen LogP contribution >= 0.6 is 7.14 Å². The van der Waals surface area contributed by atoms with Crippen molar-refractivity contribution in [3.63, 3.8) is 0 Å². The third kappa shape index (κ3) is 4.67. The average Bonchev–Trinajstić information content (AvgIpc) is 2.37. The summed E-state index contributed by atoms with van der Waals surface area (Å²) in [4.78, 5) is 10.3. The Labute approximate surface area is 112 Å². The van der Waals surface area contributed by atoms with E-state index >= 15 is 0 Å². The van der Waals surface area contributed by atoms with Gasteiger partial charge in [0.05, 0.1) is 19.6 Å². The molecule has 0 aliphatic heterocycles. The topological polar surface area (TPSA) is 78.9 Å². The number of ether oxygens (including phenoxy) is 1. The first-order chi connectivity index (χ1) is 8.88. The second-order valence-corrected chi connectivity index (χ2v) is 7.90. The third-order valence-electron chi connectivity index (χ3n) is 2.62. The van der Waals surface area contributed by atoms with Crippen molar-refractivity contribution in [2.24, 2.45) is 0 Å². The van der Waals surface area contributed by atoms with E-state index in [4.69, 9.17) is 9.94 Å². The highest BCUT2D eigenvalue weighted by Gasteiger charge is 2.24. The molecule has 2 N–H and O–H groups in total. The fourth-order valence-corrected chi connectivity index (χ4v) is 3.11. The number of rotatable bonds is 7. The second-order valence-electron chi connectivity index (χ2n) is 4.52. The molecule has 0 bridgehead atoms. The molecule has 6 nitrogen and oxygen atoms in total. The van der Waals surface area contributed by atoms with Crippen LogP contribution in [-0.4, -0.2) is 43.8 Å². The molecule has 106 valence electrons. The Hall–Kier alpha value is -1.36. The lowest BCUT2D eigenvalue weighted by Gasteiger charge is -2.24. The van der Waals surface area contributed by atoms with Gasteiger partial charge >= 0.3 is 0 Å². The van der Waals surface area contributed by atoms with Crippen molar-refractivity contribution in [2.75, 3.05) is 27.1 Å². The van der Waals surface area contributed by atoms with Gasteiger partial charge in [-0.25, -0.2) is 5.06 Å². The number of methoxy groups -OCH3 is 1. The normalized spacial score (nSPS) is 12.8. The van der Waals surface area contributed by atoms with E-state index in [9.17, 15) is 9.36 Å². The molecule has 0 aliphatic carbocycles.